The van der Waals surface area contributed by atoms with E-state index < -0.39 is 0 Å². The van der Waals surface area contributed by atoms with Gasteiger partial charge in [0.15, 0.2) is 23.0 Å². The van der Waals surface area contributed by atoms with E-state index >= 15 is 0 Å². The zero-order valence-electron chi connectivity index (χ0n) is 15.8. The normalized spacial score (nSPS) is 21.9. The fourth-order valence-corrected chi connectivity index (χ4v) is 3.70. The van der Waals surface area contributed by atoms with Crippen LogP contribution in [0.5, 0.6) is 23.0 Å². The van der Waals surface area contributed by atoms with Crippen molar-refractivity contribution < 1.29 is 29.2 Å². The summed E-state index contributed by atoms with van der Waals surface area (Å²) >= 11 is 0. The molecule has 3 atom stereocenters. The van der Waals surface area contributed by atoms with Crippen molar-refractivity contribution in [3.63, 3.8) is 0 Å². The van der Waals surface area contributed by atoms with Crippen LogP contribution in [0.2, 0.25) is 0 Å². The van der Waals surface area contributed by atoms with Crippen LogP contribution in [0.3, 0.4) is 0 Å². The van der Waals surface area contributed by atoms with Crippen molar-refractivity contribution in [1.82, 2.24) is 0 Å². The van der Waals surface area contributed by atoms with Crippen LogP contribution in [0.15, 0.2) is 36.4 Å². The Labute approximate surface area is 159 Å². The molecule has 1 fully saturated rings. The molecule has 0 aliphatic carbocycles. The van der Waals surface area contributed by atoms with E-state index in [9.17, 15) is 10.2 Å². The van der Waals surface area contributed by atoms with Crippen molar-refractivity contribution in [3.8, 4) is 23.0 Å². The molecule has 0 radical (unpaired) electrons. The van der Waals surface area contributed by atoms with Gasteiger partial charge >= 0.3 is 0 Å². The van der Waals surface area contributed by atoms with Gasteiger partial charge in [0.1, 0.15) is 0 Å². The van der Waals surface area contributed by atoms with Crippen LogP contribution in [0.1, 0.15) is 17.2 Å². The first-order chi connectivity index (χ1) is 13.1. The van der Waals surface area contributed by atoms with E-state index in [4.69, 9.17) is 18.9 Å². The van der Waals surface area contributed by atoms with Crippen molar-refractivity contribution in [2.45, 2.75) is 12.5 Å². The average Bonchev–Trinajstić information content (AvgIpc) is 3.11. The predicted octanol–water partition coefficient (Wildman–Crippen LogP) is 2.96. The van der Waals surface area contributed by atoms with Gasteiger partial charge < -0.3 is 29.2 Å². The largest absolute Gasteiger partial charge is 0.504 e. The molecule has 146 valence electrons. The highest BCUT2D eigenvalue weighted by Crippen LogP contribution is 2.42. The Morgan fingerprint density at radius 3 is 2.37 bits per heavy atom. The zero-order chi connectivity index (χ0) is 19.4. The number of ether oxygens (including phenoxy) is 4. The fraction of sp³-hybridized carbons (Fsp3) is 0.429. The summed E-state index contributed by atoms with van der Waals surface area (Å²) in [4.78, 5) is 0. The van der Waals surface area contributed by atoms with Crippen LogP contribution in [-0.4, -0.2) is 44.8 Å². The lowest BCUT2D eigenvalue weighted by molar-refractivity contribution is 0.0717. The zero-order valence-corrected chi connectivity index (χ0v) is 15.8. The maximum absolute atomic E-state index is 10.0. The second kappa shape index (κ2) is 8.50. The summed E-state index contributed by atoms with van der Waals surface area (Å²) in [7, 11) is 4.73. The molecule has 6 nitrogen and oxygen atoms in total. The maximum Gasteiger partial charge on any atom is 0.161 e. The lowest BCUT2D eigenvalue weighted by Gasteiger charge is -2.22. The summed E-state index contributed by atoms with van der Waals surface area (Å²) in [6, 6.07) is 11.0. The van der Waals surface area contributed by atoms with Gasteiger partial charge in [0.05, 0.1) is 34.0 Å². The number of aliphatic hydroxyl groups is 1. The molecule has 1 saturated heterocycles. The van der Waals surface area contributed by atoms with Gasteiger partial charge in [-0.05, 0) is 47.7 Å². The van der Waals surface area contributed by atoms with Crippen molar-refractivity contribution in [3.05, 3.63) is 47.5 Å². The van der Waals surface area contributed by atoms with E-state index in [2.05, 4.69) is 0 Å². The Morgan fingerprint density at radius 1 is 0.963 bits per heavy atom. The standard InChI is InChI=1S/C21H26O6/c1-24-18-7-5-14(10-20(18)26-3)21-16(11-22)15(12-27-21)8-13-4-6-17(23)19(9-13)25-2/h4-7,9-10,15-16,21-23H,8,11-12H2,1-3H3/t15-,16-,21+/m0/s1. The summed E-state index contributed by atoms with van der Waals surface area (Å²) < 4.78 is 21.9. The molecule has 3 rings (SSSR count). The van der Waals surface area contributed by atoms with Crippen LogP contribution in [0.25, 0.3) is 0 Å². The third-order valence-electron chi connectivity index (χ3n) is 5.17. The van der Waals surface area contributed by atoms with Crippen molar-refractivity contribution >= 4 is 0 Å². The fourth-order valence-electron chi connectivity index (χ4n) is 3.70. The van der Waals surface area contributed by atoms with E-state index in [1.54, 1.807) is 20.3 Å². The van der Waals surface area contributed by atoms with Crippen molar-refractivity contribution in [2.75, 3.05) is 34.5 Å². The second-order valence-corrected chi connectivity index (χ2v) is 6.69. The number of hydrogen-bond acceptors (Lipinski definition) is 6. The minimum absolute atomic E-state index is 0.0267. The molecule has 1 aliphatic rings. The highest BCUT2D eigenvalue weighted by Gasteiger charge is 2.38. The van der Waals surface area contributed by atoms with Crippen LogP contribution in [-0.2, 0) is 11.2 Å². The van der Waals surface area contributed by atoms with Gasteiger partial charge in [-0.2, -0.15) is 0 Å². The highest BCUT2D eigenvalue weighted by atomic mass is 16.5. The third-order valence-corrected chi connectivity index (χ3v) is 5.17. The summed E-state index contributed by atoms with van der Waals surface area (Å²) in [6.07, 6.45) is 0.518. The summed E-state index contributed by atoms with van der Waals surface area (Å²) in [5, 5.41) is 19.8. The monoisotopic (exact) mass is 374 g/mol. The number of methoxy groups -OCH3 is 3. The highest BCUT2D eigenvalue weighted by molar-refractivity contribution is 5.44. The van der Waals surface area contributed by atoms with Gasteiger partial charge in [-0.25, -0.2) is 0 Å². The second-order valence-electron chi connectivity index (χ2n) is 6.69. The minimum Gasteiger partial charge on any atom is -0.504 e. The Bertz CT molecular complexity index is 775. The number of aromatic hydroxyl groups is 1. The molecular formula is C21H26O6. The molecule has 2 aromatic rings. The molecule has 0 unspecified atom stereocenters. The molecule has 27 heavy (non-hydrogen) atoms. The third kappa shape index (κ3) is 3.96. The molecule has 1 heterocycles. The molecule has 2 N–H and O–H groups in total. The molecule has 6 heteroatoms. The molecule has 0 amide bonds. The number of aliphatic hydroxyl groups excluding tert-OH is 1. The summed E-state index contributed by atoms with van der Waals surface area (Å²) in [6.45, 7) is 0.576. The molecular weight excluding hydrogens is 348 g/mol. The van der Waals surface area contributed by atoms with E-state index in [-0.39, 0.29) is 30.3 Å². The first-order valence-electron chi connectivity index (χ1n) is 8.91. The summed E-state index contributed by atoms with van der Waals surface area (Å²) in [5.41, 5.74) is 1.99. The lowest BCUT2D eigenvalue weighted by Crippen LogP contribution is -2.21. The van der Waals surface area contributed by atoms with Crippen molar-refractivity contribution in [2.24, 2.45) is 11.8 Å². The van der Waals surface area contributed by atoms with E-state index in [0.717, 1.165) is 17.5 Å². The maximum atomic E-state index is 10.0. The Morgan fingerprint density at radius 2 is 1.70 bits per heavy atom. The number of rotatable bonds is 7. The van der Waals surface area contributed by atoms with Crippen LogP contribution in [0.4, 0.5) is 0 Å². The van der Waals surface area contributed by atoms with Crippen LogP contribution < -0.4 is 14.2 Å². The predicted molar refractivity (Wildman–Crippen MR) is 101 cm³/mol. The number of phenols is 1. The Hall–Kier alpha value is -2.44. The lowest BCUT2D eigenvalue weighted by atomic mass is 9.84. The average molecular weight is 374 g/mol. The van der Waals surface area contributed by atoms with Gasteiger partial charge in [-0.15, -0.1) is 0 Å². The van der Waals surface area contributed by atoms with Crippen LogP contribution >= 0.6 is 0 Å². The number of phenolic OH excluding ortho intramolecular Hbond substituents is 1. The quantitative estimate of drug-likeness (QED) is 0.776. The van der Waals surface area contributed by atoms with Gasteiger partial charge in [0.25, 0.3) is 0 Å². The molecule has 2 aromatic carbocycles. The first kappa shape index (κ1) is 19.3. The molecule has 0 aromatic heterocycles. The van der Waals surface area contributed by atoms with Gasteiger partial charge in [0, 0.05) is 12.5 Å². The van der Waals surface area contributed by atoms with E-state index in [0.29, 0.717) is 23.9 Å². The molecule has 0 saturated carbocycles. The van der Waals surface area contributed by atoms with E-state index in [1.165, 1.54) is 7.11 Å². The molecule has 0 bridgehead atoms. The van der Waals surface area contributed by atoms with Gasteiger partial charge in [-0.1, -0.05) is 12.1 Å². The van der Waals surface area contributed by atoms with E-state index in [1.807, 2.05) is 30.3 Å². The van der Waals surface area contributed by atoms with Crippen molar-refractivity contribution in [1.29, 1.82) is 0 Å². The van der Waals surface area contributed by atoms with Crippen LogP contribution in [0, 0.1) is 11.8 Å². The topological polar surface area (TPSA) is 77.4 Å². The number of benzene rings is 2. The minimum atomic E-state index is -0.209. The van der Waals surface area contributed by atoms with Gasteiger partial charge in [-0.3, -0.25) is 0 Å². The molecule has 0 spiro atoms. The first-order valence-corrected chi connectivity index (χ1v) is 8.91. The Balaban J connectivity index is 1.79. The van der Waals surface area contributed by atoms with Gasteiger partial charge in [0.2, 0.25) is 0 Å². The smallest absolute Gasteiger partial charge is 0.161 e. The SMILES string of the molecule is COc1cc(C[C@H]2CO[C@H](c3ccc(OC)c(OC)c3)[C@H]2CO)ccc1O. The number of hydrogen-bond donors (Lipinski definition) is 2. The Kier molecular flexibility index (Phi) is 6.08. The molecule has 1 aliphatic heterocycles. The summed E-state index contributed by atoms with van der Waals surface area (Å²) in [5.74, 6) is 1.98.